The van der Waals surface area contributed by atoms with Crippen molar-refractivity contribution in [2.75, 3.05) is 6.61 Å². The van der Waals surface area contributed by atoms with Gasteiger partial charge in [-0.15, -0.1) is 5.10 Å². The van der Waals surface area contributed by atoms with Crippen molar-refractivity contribution in [1.82, 2.24) is 10.2 Å². The van der Waals surface area contributed by atoms with E-state index in [1.165, 1.54) is 25.7 Å². The zero-order valence-corrected chi connectivity index (χ0v) is 14.3. The van der Waals surface area contributed by atoms with Crippen LogP contribution in [0.3, 0.4) is 0 Å². The molecule has 1 heterocycles. The van der Waals surface area contributed by atoms with Gasteiger partial charge in [0.1, 0.15) is 4.99 Å². The summed E-state index contributed by atoms with van der Waals surface area (Å²) in [5, 5.41) is 8.42. The Bertz CT molecular complexity index is 463. The fourth-order valence-electron chi connectivity index (χ4n) is 2.38. The minimum atomic E-state index is 0.345. The van der Waals surface area contributed by atoms with Crippen LogP contribution in [0.4, 0.5) is 0 Å². The molecular weight excluding hydrogens is 282 g/mol. The lowest BCUT2D eigenvalue weighted by Crippen LogP contribution is -2.18. The number of nitrogens with two attached hydrogens (primary N) is 1. The van der Waals surface area contributed by atoms with Gasteiger partial charge in [0.15, 0.2) is 0 Å². The average Bonchev–Trinajstić information content (AvgIpc) is 2.49. The number of hydrogen-bond donors (Lipinski definition) is 1. The minimum absolute atomic E-state index is 0.345. The van der Waals surface area contributed by atoms with E-state index in [1.54, 1.807) is 0 Å². The molecule has 0 atom stereocenters. The molecule has 0 aliphatic heterocycles. The molecule has 118 valence electrons. The molecule has 1 aromatic rings. The number of aryl methyl sites for hydroxylation is 1. The minimum Gasteiger partial charge on any atom is -0.476 e. The van der Waals surface area contributed by atoms with Gasteiger partial charge in [-0.1, -0.05) is 58.7 Å². The molecule has 0 aliphatic rings. The van der Waals surface area contributed by atoms with Crippen LogP contribution < -0.4 is 10.5 Å². The quantitative estimate of drug-likeness (QED) is 0.529. The van der Waals surface area contributed by atoms with Crippen molar-refractivity contribution < 1.29 is 4.74 Å². The Hall–Kier alpha value is -1.23. The van der Waals surface area contributed by atoms with Crippen molar-refractivity contribution in [3.63, 3.8) is 0 Å². The van der Waals surface area contributed by atoms with Gasteiger partial charge in [0.25, 0.3) is 0 Å². The Morgan fingerprint density at radius 1 is 1.05 bits per heavy atom. The summed E-state index contributed by atoms with van der Waals surface area (Å²) in [5.41, 5.74) is 8.66. The smallest absolute Gasteiger partial charge is 0.244 e. The van der Waals surface area contributed by atoms with Crippen molar-refractivity contribution in [1.29, 1.82) is 0 Å². The number of rotatable bonds is 10. The number of thiocarbonyl (C=S) groups is 1. The average molecular weight is 309 g/mol. The van der Waals surface area contributed by atoms with Crippen LogP contribution in [-0.4, -0.2) is 21.8 Å². The van der Waals surface area contributed by atoms with Crippen molar-refractivity contribution in [3.8, 4) is 5.88 Å². The fraction of sp³-hybridized carbons (Fsp3) is 0.688. The summed E-state index contributed by atoms with van der Waals surface area (Å²) in [4.78, 5) is 0.345. The van der Waals surface area contributed by atoms with Crippen molar-refractivity contribution in [3.05, 3.63) is 16.8 Å². The van der Waals surface area contributed by atoms with Gasteiger partial charge in [-0.05, 0) is 24.8 Å². The number of nitrogens with zero attached hydrogens (tertiary/aromatic N) is 2. The van der Waals surface area contributed by atoms with Gasteiger partial charge in [-0.25, -0.2) is 0 Å². The Morgan fingerprint density at radius 3 is 2.33 bits per heavy atom. The lowest BCUT2D eigenvalue weighted by atomic mass is 10.0. The zero-order chi connectivity index (χ0) is 15.7. The van der Waals surface area contributed by atoms with Crippen molar-refractivity contribution in [2.45, 2.75) is 65.7 Å². The van der Waals surface area contributed by atoms with Crippen LogP contribution in [0.5, 0.6) is 5.88 Å². The molecule has 0 bridgehead atoms. The normalized spacial score (nSPS) is 10.6. The molecule has 21 heavy (non-hydrogen) atoms. The SMILES string of the molecule is CCCCCCCOc1nnc(CC)c(CC)c1C(N)=S. The van der Waals surface area contributed by atoms with E-state index in [-0.39, 0.29) is 0 Å². The predicted octanol–water partition coefficient (Wildman–Crippen LogP) is 3.58. The Kier molecular flexibility index (Phi) is 8.20. The molecule has 0 amide bonds. The molecule has 1 aromatic heterocycles. The highest BCUT2D eigenvalue weighted by Crippen LogP contribution is 2.23. The monoisotopic (exact) mass is 309 g/mol. The first kappa shape index (κ1) is 17.8. The number of aromatic nitrogens is 2. The first-order valence-electron chi connectivity index (χ1n) is 7.96. The van der Waals surface area contributed by atoms with E-state index in [1.807, 2.05) is 0 Å². The van der Waals surface area contributed by atoms with Gasteiger partial charge < -0.3 is 10.5 Å². The second-order valence-corrected chi connectivity index (χ2v) is 5.58. The van der Waals surface area contributed by atoms with Crippen LogP contribution in [0.25, 0.3) is 0 Å². The van der Waals surface area contributed by atoms with Gasteiger partial charge in [0.2, 0.25) is 5.88 Å². The highest BCUT2D eigenvalue weighted by Gasteiger charge is 2.17. The van der Waals surface area contributed by atoms with Crippen molar-refractivity contribution in [2.24, 2.45) is 5.73 Å². The molecule has 0 aromatic carbocycles. The van der Waals surface area contributed by atoms with Gasteiger partial charge in [-0.3, -0.25) is 0 Å². The topological polar surface area (TPSA) is 61.0 Å². The molecule has 1 rings (SSSR count). The summed E-state index contributed by atoms with van der Waals surface area (Å²) in [6.07, 6.45) is 7.64. The van der Waals surface area contributed by atoms with Crippen LogP contribution in [-0.2, 0) is 12.8 Å². The third kappa shape index (κ3) is 5.23. The van der Waals surface area contributed by atoms with Gasteiger partial charge in [0.05, 0.1) is 17.9 Å². The molecule has 0 unspecified atom stereocenters. The molecule has 0 fully saturated rings. The van der Waals surface area contributed by atoms with Crippen LogP contribution in [0, 0.1) is 0 Å². The summed E-state index contributed by atoms with van der Waals surface area (Å²) in [5.74, 6) is 0.493. The molecule has 2 N–H and O–H groups in total. The molecule has 0 radical (unpaired) electrons. The van der Waals surface area contributed by atoms with Crippen molar-refractivity contribution >= 4 is 17.2 Å². The largest absolute Gasteiger partial charge is 0.476 e. The summed E-state index contributed by atoms with van der Waals surface area (Å²) in [6.45, 7) is 6.98. The predicted molar refractivity (Wildman–Crippen MR) is 90.9 cm³/mol. The standard InChI is InChI=1S/C16H27N3OS/c1-4-7-8-9-10-11-20-16-14(15(17)21)12(5-2)13(6-3)18-19-16/h4-11H2,1-3H3,(H2,17,21). The summed E-state index contributed by atoms with van der Waals surface area (Å²) in [7, 11) is 0. The Labute approximate surface area is 133 Å². The highest BCUT2D eigenvalue weighted by atomic mass is 32.1. The third-order valence-corrected chi connectivity index (χ3v) is 3.75. The van der Waals surface area contributed by atoms with Crippen LogP contribution >= 0.6 is 12.2 Å². The third-order valence-electron chi connectivity index (χ3n) is 3.55. The van der Waals surface area contributed by atoms with Gasteiger partial charge in [0, 0.05) is 0 Å². The van der Waals surface area contributed by atoms with E-state index < -0.39 is 0 Å². The molecule has 0 saturated heterocycles. The Morgan fingerprint density at radius 2 is 1.76 bits per heavy atom. The number of ether oxygens (including phenoxy) is 1. The number of unbranched alkanes of at least 4 members (excludes halogenated alkanes) is 4. The first-order valence-corrected chi connectivity index (χ1v) is 8.37. The van der Waals surface area contributed by atoms with E-state index >= 15 is 0 Å². The Balaban J connectivity index is 2.75. The zero-order valence-electron chi connectivity index (χ0n) is 13.4. The van der Waals surface area contributed by atoms with Gasteiger partial charge >= 0.3 is 0 Å². The van der Waals surface area contributed by atoms with Crippen LogP contribution in [0.2, 0.25) is 0 Å². The molecule has 0 spiro atoms. The fourth-order valence-corrected chi connectivity index (χ4v) is 2.59. The van der Waals surface area contributed by atoms with E-state index in [2.05, 4.69) is 31.0 Å². The van der Waals surface area contributed by atoms with E-state index in [0.717, 1.165) is 36.1 Å². The summed E-state index contributed by atoms with van der Waals surface area (Å²) >= 11 is 5.18. The maximum absolute atomic E-state index is 5.87. The second kappa shape index (κ2) is 9.66. The molecule has 5 heteroatoms. The summed E-state index contributed by atoms with van der Waals surface area (Å²) in [6, 6.07) is 0. The molecular formula is C16H27N3OS. The lowest BCUT2D eigenvalue weighted by Gasteiger charge is -2.14. The maximum Gasteiger partial charge on any atom is 0.244 e. The maximum atomic E-state index is 5.87. The lowest BCUT2D eigenvalue weighted by molar-refractivity contribution is 0.288. The van der Waals surface area contributed by atoms with Crippen LogP contribution in [0.15, 0.2) is 0 Å². The number of hydrogen-bond acceptors (Lipinski definition) is 4. The highest BCUT2D eigenvalue weighted by molar-refractivity contribution is 7.80. The first-order chi connectivity index (χ1) is 10.2. The van der Waals surface area contributed by atoms with Gasteiger partial charge in [-0.2, -0.15) is 5.10 Å². The molecule has 4 nitrogen and oxygen atoms in total. The van der Waals surface area contributed by atoms with E-state index in [0.29, 0.717) is 17.5 Å². The molecule has 0 aliphatic carbocycles. The second-order valence-electron chi connectivity index (χ2n) is 5.14. The molecule has 0 saturated carbocycles. The van der Waals surface area contributed by atoms with Crippen LogP contribution in [0.1, 0.15) is 69.7 Å². The van der Waals surface area contributed by atoms with E-state index in [4.69, 9.17) is 22.7 Å². The summed E-state index contributed by atoms with van der Waals surface area (Å²) < 4.78 is 5.78. The van der Waals surface area contributed by atoms with E-state index in [9.17, 15) is 0 Å².